The SMILES string of the molecule is CC.CCNc1ccc(CC(C)CC)cc1.[HH]. The van der Waals surface area contributed by atoms with Crippen molar-refractivity contribution in [2.75, 3.05) is 11.9 Å². The average molecular weight is 223 g/mol. The van der Waals surface area contributed by atoms with Crippen molar-refractivity contribution in [1.29, 1.82) is 0 Å². The zero-order valence-corrected chi connectivity index (χ0v) is 11.5. The number of anilines is 1. The molecule has 1 nitrogen and oxygen atoms in total. The van der Waals surface area contributed by atoms with E-state index in [0.29, 0.717) is 0 Å². The number of nitrogens with one attached hydrogen (secondary N) is 1. The molecule has 94 valence electrons. The molecule has 0 aliphatic heterocycles. The first kappa shape index (κ1) is 15.0. The fourth-order valence-electron chi connectivity index (χ4n) is 1.51. The second-order valence-electron chi connectivity index (χ2n) is 3.94. The molecule has 0 saturated carbocycles. The lowest BCUT2D eigenvalue weighted by Crippen LogP contribution is -1.99. The Labute approximate surface area is 103 Å². The van der Waals surface area contributed by atoms with Crippen LogP contribution >= 0.6 is 0 Å². The van der Waals surface area contributed by atoms with Crippen LogP contribution in [0.15, 0.2) is 24.3 Å². The van der Waals surface area contributed by atoms with Crippen molar-refractivity contribution in [3.8, 4) is 0 Å². The number of benzene rings is 1. The van der Waals surface area contributed by atoms with E-state index in [1.165, 1.54) is 24.1 Å². The minimum atomic E-state index is 0. The Morgan fingerprint density at radius 1 is 1.12 bits per heavy atom. The van der Waals surface area contributed by atoms with Gasteiger partial charge in [-0.15, -0.1) is 0 Å². The molecule has 1 atom stereocenters. The highest BCUT2D eigenvalue weighted by Gasteiger charge is 2.00. The van der Waals surface area contributed by atoms with Gasteiger partial charge in [0, 0.05) is 13.7 Å². The lowest BCUT2D eigenvalue weighted by Gasteiger charge is -2.09. The highest BCUT2D eigenvalue weighted by Crippen LogP contribution is 2.14. The number of hydrogen-bond acceptors (Lipinski definition) is 1. The molecule has 1 rings (SSSR count). The molecule has 0 aromatic heterocycles. The van der Waals surface area contributed by atoms with Gasteiger partial charge in [-0.3, -0.25) is 0 Å². The fraction of sp³-hybridized carbons (Fsp3) is 0.600. The van der Waals surface area contributed by atoms with Gasteiger partial charge >= 0.3 is 0 Å². The fourth-order valence-corrected chi connectivity index (χ4v) is 1.51. The first-order chi connectivity index (χ1) is 7.76. The van der Waals surface area contributed by atoms with E-state index in [1.807, 2.05) is 13.8 Å². The molecule has 1 unspecified atom stereocenters. The van der Waals surface area contributed by atoms with E-state index >= 15 is 0 Å². The average Bonchev–Trinajstić information content (AvgIpc) is 2.34. The van der Waals surface area contributed by atoms with Gasteiger partial charge < -0.3 is 5.32 Å². The highest BCUT2D eigenvalue weighted by atomic mass is 14.8. The van der Waals surface area contributed by atoms with Crippen LogP contribution in [-0.2, 0) is 6.42 Å². The summed E-state index contributed by atoms with van der Waals surface area (Å²) in [5, 5.41) is 3.30. The third kappa shape index (κ3) is 5.79. The van der Waals surface area contributed by atoms with E-state index in [2.05, 4.69) is 50.4 Å². The lowest BCUT2D eigenvalue weighted by atomic mass is 9.99. The normalized spacial score (nSPS) is 11.3. The summed E-state index contributed by atoms with van der Waals surface area (Å²) in [6.45, 7) is 11.7. The minimum Gasteiger partial charge on any atom is -0.385 e. The van der Waals surface area contributed by atoms with E-state index in [9.17, 15) is 0 Å². The van der Waals surface area contributed by atoms with Gasteiger partial charge in [-0.2, -0.15) is 0 Å². The van der Waals surface area contributed by atoms with Gasteiger partial charge in [-0.1, -0.05) is 46.2 Å². The highest BCUT2D eigenvalue weighted by molar-refractivity contribution is 5.44. The Kier molecular flexibility index (Phi) is 8.69. The topological polar surface area (TPSA) is 12.0 Å². The van der Waals surface area contributed by atoms with Gasteiger partial charge in [-0.25, -0.2) is 0 Å². The first-order valence-electron chi connectivity index (χ1n) is 6.59. The molecule has 1 aromatic carbocycles. The minimum absolute atomic E-state index is 0. The first-order valence-corrected chi connectivity index (χ1v) is 6.59. The van der Waals surface area contributed by atoms with Gasteiger partial charge in [0.05, 0.1) is 0 Å². The van der Waals surface area contributed by atoms with Crippen LogP contribution in [0.2, 0.25) is 0 Å². The van der Waals surface area contributed by atoms with Crippen LogP contribution in [-0.4, -0.2) is 6.54 Å². The second-order valence-corrected chi connectivity index (χ2v) is 3.94. The van der Waals surface area contributed by atoms with Crippen molar-refractivity contribution in [1.82, 2.24) is 0 Å². The Balaban J connectivity index is 0. The van der Waals surface area contributed by atoms with Gasteiger partial charge in [0.25, 0.3) is 0 Å². The molecular formula is C15H29N. The molecular weight excluding hydrogens is 194 g/mol. The summed E-state index contributed by atoms with van der Waals surface area (Å²) >= 11 is 0. The molecule has 0 spiro atoms. The summed E-state index contributed by atoms with van der Waals surface area (Å²) in [6.07, 6.45) is 2.46. The maximum Gasteiger partial charge on any atom is 0.0340 e. The zero-order valence-electron chi connectivity index (χ0n) is 11.5. The number of rotatable bonds is 5. The quantitative estimate of drug-likeness (QED) is 0.742. The molecule has 0 saturated heterocycles. The summed E-state index contributed by atoms with van der Waals surface area (Å²) in [5.41, 5.74) is 2.67. The maximum absolute atomic E-state index is 3.30. The molecule has 0 amide bonds. The Morgan fingerprint density at radius 3 is 2.12 bits per heavy atom. The summed E-state index contributed by atoms with van der Waals surface area (Å²) < 4.78 is 0. The van der Waals surface area contributed by atoms with Crippen LogP contribution < -0.4 is 5.32 Å². The van der Waals surface area contributed by atoms with Crippen molar-refractivity contribution in [2.24, 2.45) is 5.92 Å². The van der Waals surface area contributed by atoms with E-state index in [1.54, 1.807) is 0 Å². The van der Waals surface area contributed by atoms with Crippen molar-refractivity contribution in [3.05, 3.63) is 29.8 Å². The van der Waals surface area contributed by atoms with Crippen LogP contribution in [0.1, 0.15) is 48.0 Å². The molecule has 16 heavy (non-hydrogen) atoms. The summed E-state index contributed by atoms with van der Waals surface area (Å²) in [5.74, 6) is 0.792. The molecule has 0 bridgehead atoms. The smallest absolute Gasteiger partial charge is 0.0340 e. The van der Waals surface area contributed by atoms with E-state index in [-0.39, 0.29) is 1.43 Å². The standard InChI is InChI=1S/C13H21N.C2H6.H2/c1-4-11(3)10-12-6-8-13(9-7-12)14-5-2;1-2;/h6-9,11,14H,4-5,10H2,1-3H3;1-2H3;1H. The molecule has 0 aliphatic rings. The second kappa shape index (κ2) is 9.26. The number of hydrogen-bond donors (Lipinski definition) is 1. The van der Waals surface area contributed by atoms with Gasteiger partial charge in [0.1, 0.15) is 0 Å². The van der Waals surface area contributed by atoms with E-state index in [0.717, 1.165) is 12.5 Å². The Bertz CT molecular complexity index is 256. The Morgan fingerprint density at radius 2 is 1.69 bits per heavy atom. The molecule has 0 heterocycles. The Hall–Kier alpha value is -0.980. The lowest BCUT2D eigenvalue weighted by molar-refractivity contribution is 0.560. The zero-order chi connectivity index (χ0) is 12.4. The molecule has 0 radical (unpaired) electrons. The van der Waals surface area contributed by atoms with Crippen LogP contribution in [0.3, 0.4) is 0 Å². The van der Waals surface area contributed by atoms with Crippen molar-refractivity contribution < 1.29 is 1.43 Å². The molecule has 1 aromatic rings. The van der Waals surface area contributed by atoms with E-state index < -0.39 is 0 Å². The monoisotopic (exact) mass is 223 g/mol. The van der Waals surface area contributed by atoms with Gasteiger partial charge in [-0.05, 0) is 37.0 Å². The van der Waals surface area contributed by atoms with Crippen LogP contribution in [0.25, 0.3) is 0 Å². The summed E-state index contributed by atoms with van der Waals surface area (Å²) in [7, 11) is 0. The molecule has 0 aliphatic carbocycles. The predicted octanol–water partition coefficient (Wildman–Crippen LogP) is 4.98. The third-order valence-corrected chi connectivity index (χ3v) is 2.62. The van der Waals surface area contributed by atoms with Crippen molar-refractivity contribution in [2.45, 2.75) is 47.5 Å². The van der Waals surface area contributed by atoms with E-state index in [4.69, 9.17) is 0 Å². The third-order valence-electron chi connectivity index (χ3n) is 2.62. The summed E-state index contributed by atoms with van der Waals surface area (Å²) in [6, 6.07) is 8.79. The molecule has 1 N–H and O–H groups in total. The maximum atomic E-state index is 3.30. The van der Waals surface area contributed by atoms with Gasteiger partial charge in [0.15, 0.2) is 0 Å². The van der Waals surface area contributed by atoms with Crippen LogP contribution in [0.4, 0.5) is 5.69 Å². The molecule has 1 heteroatoms. The van der Waals surface area contributed by atoms with Gasteiger partial charge in [0.2, 0.25) is 0 Å². The van der Waals surface area contributed by atoms with Crippen LogP contribution in [0.5, 0.6) is 0 Å². The van der Waals surface area contributed by atoms with Crippen molar-refractivity contribution >= 4 is 5.69 Å². The predicted molar refractivity (Wildman–Crippen MR) is 77.2 cm³/mol. The summed E-state index contributed by atoms with van der Waals surface area (Å²) in [4.78, 5) is 0. The largest absolute Gasteiger partial charge is 0.385 e. The molecule has 0 fully saturated rings. The van der Waals surface area contributed by atoms with Crippen LogP contribution in [0, 0.1) is 5.92 Å². The van der Waals surface area contributed by atoms with Crippen molar-refractivity contribution in [3.63, 3.8) is 0 Å².